The molecule has 0 spiro atoms. The highest BCUT2D eigenvalue weighted by Crippen LogP contribution is 2.21. The number of hydrogen-bond acceptors (Lipinski definition) is 1. The molecule has 0 heterocycles. The van der Waals surface area contributed by atoms with E-state index in [1.807, 2.05) is 12.1 Å². The predicted octanol–water partition coefficient (Wildman–Crippen LogP) is 6.25. The van der Waals surface area contributed by atoms with Gasteiger partial charge in [0.2, 0.25) is 0 Å². The van der Waals surface area contributed by atoms with Crippen LogP contribution in [0.4, 0.5) is 0 Å². The maximum atomic E-state index is 10.1. The van der Waals surface area contributed by atoms with Crippen molar-refractivity contribution >= 4 is 22.6 Å². The second kappa shape index (κ2) is 11.6. The molecule has 1 rings (SSSR count). The molecule has 0 aromatic heterocycles. The number of aliphatic hydroxyl groups is 1. The minimum absolute atomic E-state index is 0.283. The third kappa shape index (κ3) is 8.25. The molecule has 20 heavy (non-hydrogen) atoms. The largest absolute Gasteiger partial charge is 0.388 e. The van der Waals surface area contributed by atoms with E-state index in [0.717, 1.165) is 18.4 Å². The summed E-state index contributed by atoms with van der Waals surface area (Å²) in [7, 11) is 0. The fourth-order valence-electron chi connectivity index (χ4n) is 2.53. The van der Waals surface area contributed by atoms with E-state index in [-0.39, 0.29) is 6.10 Å². The van der Waals surface area contributed by atoms with Gasteiger partial charge in [0.15, 0.2) is 0 Å². The molecule has 114 valence electrons. The van der Waals surface area contributed by atoms with Crippen molar-refractivity contribution in [1.29, 1.82) is 0 Å². The molecule has 1 atom stereocenters. The molecule has 2 heteroatoms. The highest BCUT2D eigenvalue weighted by Gasteiger charge is 2.07. The minimum atomic E-state index is -0.283. The van der Waals surface area contributed by atoms with Crippen LogP contribution in [-0.4, -0.2) is 5.11 Å². The SMILES string of the molecule is CCCCCCCCCCCC(O)c1cccc(I)c1. The third-order valence-electron chi connectivity index (χ3n) is 3.81. The van der Waals surface area contributed by atoms with E-state index >= 15 is 0 Å². The molecule has 1 unspecified atom stereocenters. The molecule has 0 aliphatic heterocycles. The average molecular weight is 388 g/mol. The van der Waals surface area contributed by atoms with Crippen LogP contribution in [-0.2, 0) is 0 Å². The molecule has 0 radical (unpaired) electrons. The van der Waals surface area contributed by atoms with Crippen LogP contribution in [0.1, 0.15) is 82.8 Å². The molecule has 1 aromatic carbocycles. The molecule has 0 aliphatic rings. The fraction of sp³-hybridized carbons (Fsp3) is 0.667. The van der Waals surface area contributed by atoms with Gasteiger partial charge in [0, 0.05) is 3.57 Å². The first-order chi connectivity index (χ1) is 9.74. The summed E-state index contributed by atoms with van der Waals surface area (Å²) in [5, 5.41) is 10.1. The Balaban J connectivity index is 2.01. The molecule has 1 nitrogen and oxygen atoms in total. The molecular formula is C18H29IO. The van der Waals surface area contributed by atoms with Crippen molar-refractivity contribution in [2.45, 2.75) is 77.2 Å². The second-order valence-electron chi connectivity index (χ2n) is 5.69. The zero-order valence-corrected chi connectivity index (χ0v) is 14.9. The van der Waals surface area contributed by atoms with Crippen molar-refractivity contribution in [3.05, 3.63) is 33.4 Å². The van der Waals surface area contributed by atoms with E-state index in [1.165, 1.54) is 54.9 Å². The van der Waals surface area contributed by atoms with E-state index in [4.69, 9.17) is 0 Å². The van der Waals surface area contributed by atoms with E-state index in [9.17, 15) is 5.11 Å². The fourth-order valence-corrected chi connectivity index (χ4v) is 3.10. The molecule has 1 N–H and O–H groups in total. The lowest BCUT2D eigenvalue weighted by molar-refractivity contribution is 0.163. The monoisotopic (exact) mass is 388 g/mol. The van der Waals surface area contributed by atoms with Crippen molar-refractivity contribution in [2.24, 2.45) is 0 Å². The highest BCUT2D eigenvalue weighted by atomic mass is 127. The third-order valence-corrected chi connectivity index (χ3v) is 4.49. The maximum Gasteiger partial charge on any atom is 0.0790 e. The molecule has 0 saturated carbocycles. The summed E-state index contributed by atoms with van der Waals surface area (Å²) < 4.78 is 1.20. The highest BCUT2D eigenvalue weighted by molar-refractivity contribution is 14.1. The van der Waals surface area contributed by atoms with Gasteiger partial charge in [-0.1, -0.05) is 76.8 Å². The number of rotatable bonds is 11. The Bertz CT molecular complexity index is 351. The predicted molar refractivity (Wildman–Crippen MR) is 96.0 cm³/mol. The Kier molecular flexibility index (Phi) is 10.4. The Hall–Kier alpha value is -0.0900. The summed E-state index contributed by atoms with van der Waals surface area (Å²) in [6.07, 6.45) is 12.6. The molecule has 1 aromatic rings. The Morgan fingerprint density at radius 2 is 1.55 bits per heavy atom. The van der Waals surface area contributed by atoms with Crippen LogP contribution in [0, 0.1) is 3.57 Å². The van der Waals surface area contributed by atoms with Gasteiger partial charge in [-0.2, -0.15) is 0 Å². The van der Waals surface area contributed by atoms with Gasteiger partial charge < -0.3 is 5.11 Å². The van der Waals surface area contributed by atoms with Crippen LogP contribution in [0.25, 0.3) is 0 Å². The topological polar surface area (TPSA) is 20.2 Å². The van der Waals surface area contributed by atoms with Gasteiger partial charge in [0.25, 0.3) is 0 Å². The molecular weight excluding hydrogens is 359 g/mol. The zero-order chi connectivity index (χ0) is 14.6. The lowest BCUT2D eigenvalue weighted by atomic mass is 10.0. The normalized spacial score (nSPS) is 12.6. The smallest absolute Gasteiger partial charge is 0.0790 e. The summed E-state index contributed by atoms with van der Waals surface area (Å²) in [6, 6.07) is 8.20. The standard InChI is InChI=1S/C18H29IO/c1-2-3-4-5-6-7-8-9-10-14-18(20)16-12-11-13-17(19)15-16/h11-13,15,18,20H,2-10,14H2,1H3. The van der Waals surface area contributed by atoms with Crippen molar-refractivity contribution in [3.8, 4) is 0 Å². The van der Waals surface area contributed by atoms with Gasteiger partial charge in [-0.15, -0.1) is 0 Å². The maximum absolute atomic E-state index is 10.1. The first-order valence-corrected chi connectivity index (χ1v) is 9.25. The average Bonchev–Trinajstić information content (AvgIpc) is 2.45. The van der Waals surface area contributed by atoms with Gasteiger partial charge in [0.1, 0.15) is 0 Å². The summed E-state index contributed by atoms with van der Waals surface area (Å²) >= 11 is 2.30. The lowest BCUT2D eigenvalue weighted by Crippen LogP contribution is -1.97. The number of unbranched alkanes of at least 4 members (excludes halogenated alkanes) is 8. The number of halogens is 1. The Morgan fingerprint density at radius 1 is 0.950 bits per heavy atom. The Labute approximate surface area is 138 Å². The van der Waals surface area contributed by atoms with Gasteiger partial charge in [-0.3, -0.25) is 0 Å². The van der Waals surface area contributed by atoms with Crippen molar-refractivity contribution in [1.82, 2.24) is 0 Å². The van der Waals surface area contributed by atoms with Crippen LogP contribution >= 0.6 is 22.6 Å². The lowest BCUT2D eigenvalue weighted by Gasteiger charge is -2.11. The zero-order valence-electron chi connectivity index (χ0n) is 12.8. The Morgan fingerprint density at radius 3 is 2.15 bits per heavy atom. The van der Waals surface area contributed by atoms with E-state index in [2.05, 4.69) is 41.6 Å². The second-order valence-corrected chi connectivity index (χ2v) is 6.93. The summed E-state index contributed by atoms with van der Waals surface area (Å²) in [6.45, 7) is 2.26. The number of hydrogen-bond donors (Lipinski definition) is 1. The quantitative estimate of drug-likeness (QED) is 0.351. The van der Waals surface area contributed by atoms with E-state index in [0.29, 0.717) is 0 Å². The van der Waals surface area contributed by atoms with Crippen molar-refractivity contribution in [3.63, 3.8) is 0 Å². The van der Waals surface area contributed by atoms with Crippen LogP contribution < -0.4 is 0 Å². The number of benzene rings is 1. The van der Waals surface area contributed by atoms with Crippen LogP contribution in [0.3, 0.4) is 0 Å². The minimum Gasteiger partial charge on any atom is -0.388 e. The summed E-state index contributed by atoms with van der Waals surface area (Å²) in [5.41, 5.74) is 1.07. The summed E-state index contributed by atoms with van der Waals surface area (Å²) in [4.78, 5) is 0. The van der Waals surface area contributed by atoms with Gasteiger partial charge in [0.05, 0.1) is 6.10 Å². The molecule has 0 amide bonds. The van der Waals surface area contributed by atoms with Gasteiger partial charge in [-0.25, -0.2) is 0 Å². The number of aliphatic hydroxyl groups excluding tert-OH is 1. The van der Waals surface area contributed by atoms with Crippen LogP contribution in [0.5, 0.6) is 0 Å². The molecule has 0 aliphatic carbocycles. The van der Waals surface area contributed by atoms with Crippen molar-refractivity contribution in [2.75, 3.05) is 0 Å². The van der Waals surface area contributed by atoms with Crippen LogP contribution in [0.2, 0.25) is 0 Å². The summed E-state index contributed by atoms with van der Waals surface area (Å²) in [5.74, 6) is 0. The first kappa shape index (κ1) is 18.0. The molecule has 0 bridgehead atoms. The van der Waals surface area contributed by atoms with Crippen molar-refractivity contribution < 1.29 is 5.11 Å². The van der Waals surface area contributed by atoms with Gasteiger partial charge in [-0.05, 0) is 46.7 Å². The van der Waals surface area contributed by atoms with Gasteiger partial charge >= 0.3 is 0 Å². The first-order valence-electron chi connectivity index (χ1n) is 8.17. The van der Waals surface area contributed by atoms with E-state index in [1.54, 1.807) is 0 Å². The van der Waals surface area contributed by atoms with E-state index < -0.39 is 0 Å². The molecule has 0 fully saturated rings. The molecule has 0 saturated heterocycles. The van der Waals surface area contributed by atoms with Crippen LogP contribution in [0.15, 0.2) is 24.3 Å².